The zero-order valence-corrected chi connectivity index (χ0v) is 13.1. The van der Waals surface area contributed by atoms with Crippen molar-refractivity contribution >= 4 is 21.5 Å². The second kappa shape index (κ2) is 9.58. The van der Waals surface area contributed by atoms with Gasteiger partial charge in [-0.05, 0) is 0 Å². The average Bonchev–Trinajstić information content (AvgIpc) is 2.56. The third kappa shape index (κ3) is 4.81. The van der Waals surface area contributed by atoms with Crippen molar-refractivity contribution in [3.05, 3.63) is 97.1 Å². The van der Waals surface area contributed by atoms with E-state index in [1.165, 1.54) is 21.5 Å². The van der Waals surface area contributed by atoms with Gasteiger partial charge in [0.25, 0.3) is 0 Å². The van der Waals surface area contributed by atoms with Crippen molar-refractivity contribution in [1.82, 2.24) is 0 Å². The van der Waals surface area contributed by atoms with Gasteiger partial charge in [-0.15, -0.1) is 94.3 Å². The molecule has 0 aliphatic rings. The molecule has 0 aliphatic heterocycles. The average molecular weight is 268 g/mol. The SMILES string of the molecule is [Li+].[Li+].[c-]1cccc2ccccc12.[c-]1cccc2ccccc12. The van der Waals surface area contributed by atoms with Crippen LogP contribution < -0.4 is 37.7 Å². The minimum atomic E-state index is 0. The van der Waals surface area contributed by atoms with E-state index in [0.29, 0.717) is 0 Å². The molecule has 0 heterocycles. The van der Waals surface area contributed by atoms with E-state index in [0.717, 1.165) is 0 Å². The zero-order chi connectivity index (χ0) is 13.6. The molecule has 96 valence electrons. The molecule has 0 unspecified atom stereocenters. The van der Waals surface area contributed by atoms with Crippen LogP contribution in [0.3, 0.4) is 0 Å². The number of fused-ring (bicyclic) bond motifs is 2. The van der Waals surface area contributed by atoms with Gasteiger partial charge in [-0.2, -0.15) is 0 Å². The second-order valence-electron chi connectivity index (χ2n) is 4.51. The maximum Gasteiger partial charge on any atom is 1.00 e. The Bertz CT molecular complexity index is 623. The first-order valence-corrected chi connectivity index (χ1v) is 6.64. The van der Waals surface area contributed by atoms with E-state index < -0.39 is 0 Å². The Hall–Kier alpha value is -1.41. The maximum atomic E-state index is 3.15. The molecular formula is C20H14Li2. The molecule has 0 bridgehead atoms. The van der Waals surface area contributed by atoms with Gasteiger partial charge < -0.3 is 0 Å². The minimum Gasteiger partial charge on any atom is -0.147 e. The van der Waals surface area contributed by atoms with Crippen molar-refractivity contribution in [3.63, 3.8) is 0 Å². The summed E-state index contributed by atoms with van der Waals surface area (Å²) in [7, 11) is 0. The molecule has 0 radical (unpaired) electrons. The van der Waals surface area contributed by atoms with Crippen molar-refractivity contribution in [1.29, 1.82) is 0 Å². The molecule has 0 aromatic heterocycles. The largest absolute Gasteiger partial charge is 1.00 e. The van der Waals surface area contributed by atoms with Crippen LogP contribution in [0.25, 0.3) is 21.5 Å². The van der Waals surface area contributed by atoms with Crippen LogP contribution in [-0.2, 0) is 0 Å². The fourth-order valence-electron chi connectivity index (χ4n) is 2.13. The molecule has 0 aliphatic carbocycles. The molecule has 0 N–H and O–H groups in total. The Morgan fingerprint density at radius 2 is 0.818 bits per heavy atom. The maximum absolute atomic E-state index is 3.15. The number of benzene rings is 4. The summed E-state index contributed by atoms with van der Waals surface area (Å²) in [6.07, 6.45) is 0. The van der Waals surface area contributed by atoms with Crippen LogP contribution >= 0.6 is 0 Å². The topological polar surface area (TPSA) is 0 Å². The van der Waals surface area contributed by atoms with E-state index in [9.17, 15) is 0 Å². The van der Waals surface area contributed by atoms with Gasteiger partial charge in [0.05, 0.1) is 0 Å². The van der Waals surface area contributed by atoms with Gasteiger partial charge in [0.2, 0.25) is 0 Å². The van der Waals surface area contributed by atoms with Crippen molar-refractivity contribution in [2.75, 3.05) is 0 Å². The normalized spacial score (nSPS) is 9.09. The summed E-state index contributed by atoms with van der Waals surface area (Å²) >= 11 is 0. The number of hydrogen-bond donors (Lipinski definition) is 0. The van der Waals surface area contributed by atoms with E-state index in [1.807, 2.05) is 48.5 Å². The molecular weight excluding hydrogens is 254 g/mol. The molecule has 22 heavy (non-hydrogen) atoms. The van der Waals surface area contributed by atoms with Crippen LogP contribution in [-0.4, -0.2) is 0 Å². The first-order valence-electron chi connectivity index (χ1n) is 6.64. The molecule has 4 aromatic carbocycles. The predicted molar refractivity (Wildman–Crippen MR) is 85.6 cm³/mol. The molecule has 4 aromatic rings. The van der Waals surface area contributed by atoms with Crippen LogP contribution in [0.15, 0.2) is 84.9 Å². The van der Waals surface area contributed by atoms with Gasteiger partial charge >= 0.3 is 37.7 Å². The van der Waals surface area contributed by atoms with E-state index in [1.54, 1.807) is 0 Å². The Morgan fingerprint density at radius 3 is 1.23 bits per heavy atom. The summed E-state index contributed by atoms with van der Waals surface area (Å²) in [6, 6.07) is 34.8. The predicted octanol–water partition coefficient (Wildman–Crippen LogP) is -0.712. The monoisotopic (exact) mass is 268 g/mol. The van der Waals surface area contributed by atoms with E-state index in [2.05, 4.69) is 48.5 Å². The Labute approximate surface area is 155 Å². The van der Waals surface area contributed by atoms with E-state index in [4.69, 9.17) is 0 Å². The fourth-order valence-corrected chi connectivity index (χ4v) is 2.13. The molecule has 0 fully saturated rings. The van der Waals surface area contributed by atoms with Gasteiger partial charge in [0.1, 0.15) is 0 Å². The van der Waals surface area contributed by atoms with E-state index in [-0.39, 0.29) is 37.7 Å². The fraction of sp³-hybridized carbons (Fsp3) is 0. The minimum absolute atomic E-state index is 0. The van der Waals surface area contributed by atoms with Crippen molar-refractivity contribution in [2.45, 2.75) is 0 Å². The van der Waals surface area contributed by atoms with Gasteiger partial charge in [-0.1, -0.05) is 24.3 Å². The zero-order valence-electron chi connectivity index (χ0n) is 13.1. The second-order valence-corrected chi connectivity index (χ2v) is 4.51. The van der Waals surface area contributed by atoms with Gasteiger partial charge in [-0.25, -0.2) is 0 Å². The molecule has 0 nitrogen and oxygen atoms in total. The summed E-state index contributed by atoms with van der Waals surface area (Å²) < 4.78 is 0. The summed E-state index contributed by atoms with van der Waals surface area (Å²) in [4.78, 5) is 0. The Kier molecular flexibility index (Phi) is 8.12. The molecule has 0 atom stereocenters. The summed E-state index contributed by atoms with van der Waals surface area (Å²) in [6.45, 7) is 0. The van der Waals surface area contributed by atoms with Crippen LogP contribution in [0.1, 0.15) is 0 Å². The number of rotatable bonds is 0. The Balaban J connectivity index is 0.000000202. The third-order valence-corrected chi connectivity index (χ3v) is 3.14. The summed E-state index contributed by atoms with van der Waals surface area (Å²) in [5, 5.41) is 4.88. The molecule has 0 amide bonds. The van der Waals surface area contributed by atoms with Crippen LogP contribution in [0.2, 0.25) is 0 Å². The van der Waals surface area contributed by atoms with Crippen molar-refractivity contribution < 1.29 is 37.7 Å². The summed E-state index contributed by atoms with van der Waals surface area (Å²) in [5.74, 6) is 0. The molecule has 4 rings (SSSR count). The van der Waals surface area contributed by atoms with Gasteiger partial charge in [-0.3, -0.25) is 0 Å². The first kappa shape index (κ1) is 18.6. The quantitative estimate of drug-likeness (QED) is 0.292. The number of hydrogen-bond acceptors (Lipinski definition) is 0. The van der Waals surface area contributed by atoms with Crippen molar-refractivity contribution in [3.8, 4) is 0 Å². The van der Waals surface area contributed by atoms with E-state index >= 15 is 0 Å². The molecule has 0 saturated carbocycles. The van der Waals surface area contributed by atoms with Gasteiger partial charge in [0.15, 0.2) is 0 Å². The van der Waals surface area contributed by atoms with Gasteiger partial charge in [0, 0.05) is 0 Å². The van der Waals surface area contributed by atoms with Crippen LogP contribution in [0.4, 0.5) is 0 Å². The van der Waals surface area contributed by atoms with Crippen LogP contribution in [0, 0.1) is 12.1 Å². The molecule has 0 spiro atoms. The van der Waals surface area contributed by atoms with Crippen LogP contribution in [0.5, 0.6) is 0 Å². The first-order chi connectivity index (χ1) is 9.93. The smallest absolute Gasteiger partial charge is 0.147 e. The molecule has 0 saturated heterocycles. The standard InChI is InChI=1S/2C10H7.2Li/c2*1-2-6-10-8-4-3-7-9(10)5-1;;/h2*1-7H;;/q2*-1;2*+1. The summed E-state index contributed by atoms with van der Waals surface area (Å²) in [5.41, 5.74) is 0. The third-order valence-electron chi connectivity index (χ3n) is 3.14. The molecule has 2 heteroatoms. The Morgan fingerprint density at radius 1 is 0.455 bits per heavy atom. The van der Waals surface area contributed by atoms with Crippen molar-refractivity contribution in [2.24, 2.45) is 0 Å².